The van der Waals surface area contributed by atoms with Crippen molar-refractivity contribution < 1.29 is 0 Å². The fourth-order valence-electron chi connectivity index (χ4n) is 8.01. The number of hydrogen-bond donors (Lipinski definition) is 0. The number of benzene rings is 7. The zero-order chi connectivity index (χ0) is 34.3. The Labute approximate surface area is 307 Å². The smallest absolute Gasteiger partial charge is 0.166 e. The molecule has 52 heavy (non-hydrogen) atoms. The first kappa shape index (κ1) is 29.6. The van der Waals surface area contributed by atoms with Crippen LogP contribution in [0.25, 0.3) is 102 Å². The van der Waals surface area contributed by atoms with Crippen molar-refractivity contribution in [3.8, 4) is 38.8 Å². The van der Waals surface area contributed by atoms with Gasteiger partial charge in [0.25, 0.3) is 0 Å². The maximum Gasteiger partial charge on any atom is 0.166 e. The highest BCUT2D eigenvalue weighted by molar-refractivity contribution is 7.25. The molecule has 3 nitrogen and oxygen atoms in total. The summed E-state index contributed by atoms with van der Waals surface area (Å²) in [6, 6.07) is 56.9. The van der Waals surface area contributed by atoms with Gasteiger partial charge in [0.1, 0.15) is 16.0 Å². The number of nitrogens with zero attached hydrogens (tertiary/aromatic N) is 3. The van der Waals surface area contributed by atoms with E-state index in [2.05, 4.69) is 169 Å². The summed E-state index contributed by atoms with van der Waals surface area (Å²) in [5.74, 6) is 0.837. The van der Waals surface area contributed by atoms with E-state index in [1.807, 2.05) is 11.3 Å². The van der Waals surface area contributed by atoms with E-state index in [4.69, 9.17) is 9.97 Å². The van der Waals surface area contributed by atoms with Crippen LogP contribution in [0, 0.1) is 6.92 Å². The van der Waals surface area contributed by atoms with Gasteiger partial charge in [0.2, 0.25) is 0 Å². The normalized spacial score (nSPS) is 11.9. The van der Waals surface area contributed by atoms with Gasteiger partial charge in [0, 0.05) is 36.7 Å². The second kappa shape index (κ2) is 11.4. The van der Waals surface area contributed by atoms with Gasteiger partial charge in [-0.1, -0.05) is 133 Å². The molecule has 7 aromatic carbocycles. The standard InChI is InChI=1S/C47H29N3S2/c1-28-13-2-5-17-31(28)42-35-20-8-10-23-38(35)50(45(42)41-27-37-33-19-7-4-15-30(33)25-26-40(37)51-41)46-43(34-22-12-16-29-14-3-6-18-32(29)34)48-44-36-21-9-11-24-39(36)52-47(44)49-46/h2-27H,1H3. The number of para-hydroxylation sites is 1. The summed E-state index contributed by atoms with van der Waals surface area (Å²) in [4.78, 5) is 13.4. The Kier molecular flexibility index (Phi) is 6.51. The zero-order valence-electron chi connectivity index (χ0n) is 28.2. The second-order valence-corrected chi connectivity index (χ2v) is 15.5. The number of thiophene rings is 2. The minimum absolute atomic E-state index is 0.837. The third-order valence-corrected chi connectivity index (χ3v) is 12.6. The van der Waals surface area contributed by atoms with Crippen molar-refractivity contribution in [3.63, 3.8) is 0 Å². The summed E-state index contributed by atoms with van der Waals surface area (Å²) in [7, 11) is 0. The summed E-state index contributed by atoms with van der Waals surface area (Å²) < 4.78 is 4.87. The van der Waals surface area contributed by atoms with Gasteiger partial charge in [0.15, 0.2) is 5.82 Å². The average molecular weight is 700 g/mol. The van der Waals surface area contributed by atoms with E-state index in [1.54, 1.807) is 11.3 Å². The van der Waals surface area contributed by atoms with E-state index >= 15 is 0 Å². The first-order valence-electron chi connectivity index (χ1n) is 17.5. The van der Waals surface area contributed by atoms with E-state index < -0.39 is 0 Å². The minimum Gasteiger partial charge on any atom is -0.290 e. The lowest BCUT2D eigenvalue weighted by atomic mass is 9.97. The molecule has 0 N–H and O–H groups in total. The first-order chi connectivity index (χ1) is 25.7. The average Bonchev–Trinajstić information content (AvgIpc) is 3.89. The van der Waals surface area contributed by atoms with Gasteiger partial charge in [-0.3, -0.25) is 4.57 Å². The van der Waals surface area contributed by atoms with E-state index in [9.17, 15) is 0 Å². The maximum absolute atomic E-state index is 5.66. The summed E-state index contributed by atoms with van der Waals surface area (Å²) in [5.41, 5.74) is 8.80. The molecule has 0 radical (unpaired) electrons. The Morgan fingerprint density at radius 2 is 1.15 bits per heavy atom. The molecule has 244 valence electrons. The number of aromatic nitrogens is 3. The molecule has 5 heteroatoms. The molecule has 0 aliphatic heterocycles. The van der Waals surface area contributed by atoms with Crippen molar-refractivity contribution in [2.75, 3.05) is 0 Å². The molecule has 0 spiro atoms. The molecule has 4 heterocycles. The van der Waals surface area contributed by atoms with Gasteiger partial charge in [-0.25, -0.2) is 9.97 Å². The van der Waals surface area contributed by atoms with Crippen LogP contribution in [-0.2, 0) is 0 Å². The van der Waals surface area contributed by atoms with Crippen LogP contribution < -0.4 is 0 Å². The van der Waals surface area contributed by atoms with Crippen molar-refractivity contribution in [1.82, 2.24) is 14.5 Å². The van der Waals surface area contributed by atoms with Crippen LogP contribution >= 0.6 is 22.7 Å². The third-order valence-electron chi connectivity index (χ3n) is 10.4. The summed E-state index contributed by atoms with van der Waals surface area (Å²) >= 11 is 3.56. The topological polar surface area (TPSA) is 30.7 Å². The number of hydrogen-bond acceptors (Lipinski definition) is 4. The van der Waals surface area contributed by atoms with Crippen LogP contribution in [0.4, 0.5) is 0 Å². The molecule has 0 saturated carbocycles. The quantitative estimate of drug-likeness (QED) is 0.183. The van der Waals surface area contributed by atoms with Crippen molar-refractivity contribution in [2.45, 2.75) is 6.92 Å². The number of rotatable bonds is 4. The Morgan fingerprint density at radius 1 is 0.500 bits per heavy atom. The van der Waals surface area contributed by atoms with Gasteiger partial charge < -0.3 is 0 Å². The predicted molar refractivity (Wildman–Crippen MR) is 223 cm³/mol. The molecule has 0 bridgehead atoms. The largest absolute Gasteiger partial charge is 0.290 e. The van der Waals surface area contributed by atoms with Gasteiger partial charge in [-0.05, 0) is 63.9 Å². The highest BCUT2D eigenvalue weighted by Gasteiger charge is 2.28. The van der Waals surface area contributed by atoms with E-state index in [0.29, 0.717) is 0 Å². The monoisotopic (exact) mass is 699 g/mol. The van der Waals surface area contributed by atoms with Gasteiger partial charge in [-0.2, -0.15) is 0 Å². The molecule has 0 saturated heterocycles. The molecule has 11 aromatic rings. The first-order valence-corrected chi connectivity index (χ1v) is 19.1. The SMILES string of the molecule is Cc1ccccc1-c1c(-c2cc3c(ccc4ccccc43)s2)n(-c2nc3sc4ccccc4c3nc2-c2cccc3ccccc23)c2ccccc12. The molecule has 0 atom stereocenters. The third kappa shape index (κ3) is 4.37. The molecule has 11 rings (SSSR count). The number of aryl methyl sites for hydroxylation is 1. The van der Waals surface area contributed by atoms with Crippen molar-refractivity contribution in [3.05, 3.63) is 163 Å². The molecular formula is C47H29N3S2. The second-order valence-electron chi connectivity index (χ2n) is 13.4. The van der Waals surface area contributed by atoms with Crippen LogP contribution in [-0.4, -0.2) is 14.5 Å². The Bertz CT molecular complexity index is 3210. The zero-order valence-corrected chi connectivity index (χ0v) is 29.8. The van der Waals surface area contributed by atoms with Gasteiger partial charge in [0.05, 0.1) is 16.1 Å². The maximum atomic E-state index is 5.66. The van der Waals surface area contributed by atoms with Crippen LogP contribution in [0.1, 0.15) is 5.56 Å². The van der Waals surface area contributed by atoms with Crippen molar-refractivity contribution in [2.24, 2.45) is 0 Å². The van der Waals surface area contributed by atoms with Gasteiger partial charge in [-0.15, -0.1) is 22.7 Å². The molecule has 0 unspecified atom stereocenters. The summed E-state index contributed by atoms with van der Waals surface area (Å²) in [5, 5.41) is 8.45. The Morgan fingerprint density at radius 3 is 2.02 bits per heavy atom. The van der Waals surface area contributed by atoms with Crippen molar-refractivity contribution >= 4 is 85.6 Å². The summed E-state index contributed by atoms with van der Waals surface area (Å²) in [6.45, 7) is 2.22. The fraction of sp³-hybridized carbons (Fsp3) is 0.0213. The van der Waals surface area contributed by atoms with E-state index in [0.717, 1.165) is 49.4 Å². The predicted octanol–water partition coefficient (Wildman–Crippen LogP) is 13.6. The molecule has 0 aliphatic carbocycles. The fourth-order valence-corrected chi connectivity index (χ4v) is 10.1. The van der Waals surface area contributed by atoms with Crippen LogP contribution in [0.2, 0.25) is 0 Å². The van der Waals surface area contributed by atoms with E-state index in [-0.39, 0.29) is 0 Å². The highest BCUT2D eigenvalue weighted by atomic mass is 32.1. The van der Waals surface area contributed by atoms with Crippen LogP contribution in [0.5, 0.6) is 0 Å². The Balaban J connectivity index is 1.34. The van der Waals surface area contributed by atoms with Gasteiger partial charge >= 0.3 is 0 Å². The lowest BCUT2D eigenvalue weighted by molar-refractivity contribution is 1.06. The van der Waals surface area contributed by atoms with Crippen LogP contribution in [0.3, 0.4) is 0 Å². The minimum atomic E-state index is 0.837. The molecule has 0 amide bonds. The number of fused-ring (bicyclic) bond motifs is 8. The highest BCUT2D eigenvalue weighted by Crippen LogP contribution is 2.49. The van der Waals surface area contributed by atoms with E-state index in [1.165, 1.54) is 57.9 Å². The summed E-state index contributed by atoms with van der Waals surface area (Å²) in [6.07, 6.45) is 0. The molecular weight excluding hydrogens is 671 g/mol. The molecule has 0 aliphatic rings. The van der Waals surface area contributed by atoms with Crippen molar-refractivity contribution in [1.29, 1.82) is 0 Å². The molecule has 4 aromatic heterocycles. The Hall–Kier alpha value is -6.14. The van der Waals surface area contributed by atoms with Crippen LogP contribution in [0.15, 0.2) is 158 Å². The lowest BCUT2D eigenvalue weighted by Crippen LogP contribution is -2.05. The molecule has 0 fully saturated rings. The lowest BCUT2D eigenvalue weighted by Gasteiger charge is -2.16.